The first kappa shape index (κ1) is 21.4. The van der Waals surface area contributed by atoms with E-state index in [0.29, 0.717) is 31.2 Å². The van der Waals surface area contributed by atoms with Crippen LogP contribution >= 0.6 is 11.6 Å². The first-order valence-corrected chi connectivity index (χ1v) is 10.2. The SMILES string of the molecule is O=C(C1CC(=O)N(c2cccc(C(F)(F)F)c2)C1)N1CCN(c2ccc(Cl)cn2)CC1. The fourth-order valence-electron chi connectivity index (χ4n) is 3.94. The molecule has 2 aliphatic rings. The third-order valence-corrected chi connectivity index (χ3v) is 5.81. The third-order valence-electron chi connectivity index (χ3n) is 5.59. The Kier molecular flexibility index (Phi) is 5.79. The Morgan fingerprint density at radius 2 is 1.84 bits per heavy atom. The van der Waals surface area contributed by atoms with Gasteiger partial charge in [0.25, 0.3) is 0 Å². The molecule has 3 heterocycles. The summed E-state index contributed by atoms with van der Waals surface area (Å²) in [6.07, 6.45) is -2.93. The van der Waals surface area contributed by atoms with Crippen LogP contribution in [0.3, 0.4) is 0 Å². The molecule has 1 atom stereocenters. The molecular formula is C21H20ClF3N4O2. The second-order valence-corrected chi connectivity index (χ2v) is 8.04. The molecule has 0 spiro atoms. The molecule has 10 heteroatoms. The fraction of sp³-hybridized carbons (Fsp3) is 0.381. The molecule has 4 rings (SSSR count). The van der Waals surface area contributed by atoms with Crippen molar-refractivity contribution in [1.82, 2.24) is 9.88 Å². The maximum atomic E-state index is 13.0. The largest absolute Gasteiger partial charge is 0.416 e. The minimum absolute atomic E-state index is 0.00592. The Balaban J connectivity index is 1.38. The minimum Gasteiger partial charge on any atom is -0.353 e. The summed E-state index contributed by atoms with van der Waals surface area (Å²) in [7, 11) is 0. The molecule has 0 bridgehead atoms. The van der Waals surface area contributed by atoms with Gasteiger partial charge in [0.1, 0.15) is 5.82 Å². The van der Waals surface area contributed by atoms with Crippen LogP contribution in [0.15, 0.2) is 42.6 Å². The number of piperazine rings is 1. The molecule has 2 amide bonds. The van der Waals surface area contributed by atoms with Crippen molar-refractivity contribution < 1.29 is 22.8 Å². The van der Waals surface area contributed by atoms with E-state index in [4.69, 9.17) is 11.6 Å². The lowest BCUT2D eigenvalue weighted by molar-refractivity contribution is -0.137. The van der Waals surface area contributed by atoms with Crippen molar-refractivity contribution in [2.45, 2.75) is 12.6 Å². The molecule has 6 nitrogen and oxygen atoms in total. The van der Waals surface area contributed by atoms with Gasteiger partial charge in [0.05, 0.1) is 16.5 Å². The van der Waals surface area contributed by atoms with Crippen LogP contribution in [-0.2, 0) is 15.8 Å². The number of amides is 2. The number of carbonyl (C=O) groups excluding carboxylic acids is 2. The van der Waals surface area contributed by atoms with Crippen LogP contribution < -0.4 is 9.80 Å². The summed E-state index contributed by atoms with van der Waals surface area (Å²) in [6.45, 7) is 2.24. The van der Waals surface area contributed by atoms with Gasteiger partial charge < -0.3 is 14.7 Å². The summed E-state index contributed by atoms with van der Waals surface area (Å²) in [5, 5.41) is 0.550. The lowest BCUT2D eigenvalue weighted by atomic mass is 10.1. The third kappa shape index (κ3) is 4.61. The highest BCUT2D eigenvalue weighted by molar-refractivity contribution is 6.30. The lowest BCUT2D eigenvalue weighted by Crippen LogP contribution is -2.51. The predicted octanol–water partition coefficient (Wildman–Crippen LogP) is 3.46. The lowest BCUT2D eigenvalue weighted by Gasteiger charge is -2.36. The summed E-state index contributed by atoms with van der Waals surface area (Å²) in [5.74, 6) is -0.279. The van der Waals surface area contributed by atoms with Crippen molar-refractivity contribution in [3.05, 3.63) is 53.2 Å². The van der Waals surface area contributed by atoms with E-state index in [1.807, 2.05) is 6.07 Å². The highest BCUT2D eigenvalue weighted by Gasteiger charge is 2.39. The summed E-state index contributed by atoms with van der Waals surface area (Å²) < 4.78 is 39.0. The van der Waals surface area contributed by atoms with Crippen LogP contribution in [0.1, 0.15) is 12.0 Å². The quantitative estimate of drug-likeness (QED) is 0.715. The van der Waals surface area contributed by atoms with E-state index < -0.39 is 17.7 Å². The summed E-state index contributed by atoms with van der Waals surface area (Å²) in [6, 6.07) is 8.21. The van der Waals surface area contributed by atoms with Crippen LogP contribution in [-0.4, -0.2) is 54.4 Å². The van der Waals surface area contributed by atoms with E-state index in [2.05, 4.69) is 9.88 Å². The number of alkyl halides is 3. The van der Waals surface area contributed by atoms with E-state index in [1.165, 1.54) is 17.0 Å². The zero-order valence-corrected chi connectivity index (χ0v) is 17.2. The molecule has 0 saturated carbocycles. The highest BCUT2D eigenvalue weighted by Crippen LogP contribution is 2.34. The van der Waals surface area contributed by atoms with E-state index >= 15 is 0 Å². The smallest absolute Gasteiger partial charge is 0.353 e. The van der Waals surface area contributed by atoms with Crippen molar-refractivity contribution in [3.8, 4) is 0 Å². The van der Waals surface area contributed by atoms with Gasteiger partial charge in [-0.15, -0.1) is 0 Å². The number of hydrogen-bond acceptors (Lipinski definition) is 4. The first-order chi connectivity index (χ1) is 14.7. The monoisotopic (exact) mass is 452 g/mol. The number of halogens is 4. The van der Waals surface area contributed by atoms with Gasteiger partial charge in [0.15, 0.2) is 0 Å². The number of hydrogen-bond donors (Lipinski definition) is 0. The van der Waals surface area contributed by atoms with E-state index in [0.717, 1.165) is 18.0 Å². The zero-order valence-electron chi connectivity index (χ0n) is 16.5. The van der Waals surface area contributed by atoms with Crippen LogP contribution in [0.2, 0.25) is 5.02 Å². The molecule has 31 heavy (non-hydrogen) atoms. The molecule has 2 saturated heterocycles. The van der Waals surface area contributed by atoms with Gasteiger partial charge >= 0.3 is 6.18 Å². The molecule has 1 aromatic heterocycles. The minimum atomic E-state index is -4.49. The maximum Gasteiger partial charge on any atom is 0.416 e. The molecule has 0 aliphatic carbocycles. The Labute approximate surface area is 182 Å². The number of pyridine rings is 1. The standard InChI is InChI=1S/C21H20ClF3N4O2/c22-16-4-5-18(26-12-16)27-6-8-28(9-7-27)20(31)14-10-19(30)29(13-14)17-3-1-2-15(11-17)21(23,24)25/h1-5,11-12,14H,6-10,13H2. The number of rotatable bonds is 3. The van der Waals surface area contributed by atoms with Crippen molar-refractivity contribution in [2.24, 2.45) is 5.92 Å². The summed E-state index contributed by atoms with van der Waals surface area (Å²) in [5.41, 5.74) is -0.659. The molecule has 1 aromatic carbocycles. The first-order valence-electron chi connectivity index (χ1n) is 9.85. The van der Waals surface area contributed by atoms with Gasteiger partial charge in [-0.1, -0.05) is 17.7 Å². The summed E-state index contributed by atoms with van der Waals surface area (Å²) in [4.78, 5) is 34.7. The number of nitrogens with zero attached hydrogens (tertiary/aromatic N) is 4. The van der Waals surface area contributed by atoms with Gasteiger partial charge in [-0.25, -0.2) is 4.98 Å². The van der Waals surface area contributed by atoms with Crippen LogP contribution in [0.4, 0.5) is 24.7 Å². The van der Waals surface area contributed by atoms with Crippen molar-refractivity contribution in [3.63, 3.8) is 0 Å². The average molecular weight is 453 g/mol. The normalized spacial score (nSPS) is 19.8. The fourth-order valence-corrected chi connectivity index (χ4v) is 4.05. The topological polar surface area (TPSA) is 56.8 Å². The van der Waals surface area contributed by atoms with E-state index in [1.54, 1.807) is 17.2 Å². The van der Waals surface area contributed by atoms with Crippen LogP contribution in [0, 0.1) is 5.92 Å². The van der Waals surface area contributed by atoms with E-state index in [-0.39, 0.29) is 30.5 Å². The molecule has 2 fully saturated rings. The zero-order chi connectivity index (χ0) is 22.2. The molecule has 0 radical (unpaired) electrons. The average Bonchev–Trinajstić information content (AvgIpc) is 3.15. The number of anilines is 2. The van der Waals surface area contributed by atoms with Crippen molar-refractivity contribution in [1.29, 1.82) is 0 Å². The van der Waals surface area contributed by atoms with Crippen LogP contribution in [0.25, 0.3) is 0 Å². The predicted molar refractivity (Wildman–Crippen MR) is 110 cm³/mol. The molecule has 164 valence electrons. The van der Waals surface area contributed by atoms with Gasteiger partial charge in [0.2, 0.25) is 11.8 Å². The molecule has 0 N–H and O–H groups in total. The molecule has 2 aromatic rings. The maximum absolute atomic E-state index is 13.0. The van der Waals surface area contributed by atoms with Gasteiger partial charge in [-0.3, -0.25) is 9.59 Å². The Hall–Kier alpha value is -2.81. The number of carbonyl (C=O) groups is 2. The molecule has 1 unspecified atom stereocenters. The second kappa shape index (κ2) is 8.37. The Morgan fingerprint density at radius 3 is 2.48 bits per heavy atom. The van der Waals surface area contributed by atoms with Crippen molar-refractivity contribution in [2.75, 3.05) is 42.5 Å². The van der Waals surface area contributed by atoms with E-state index in [9.17, 15) is 22.8 Å². The molecule has 2 aliphatic heterocycles. The van der Waals surface area contributed by atoms with Gasteiger partial charge in [-0.2, -0.15) is 13.2 Å². The number of aromatic nitrogens is 1. The summed E-state index contributed by atoms with van der Waals surface area (Å²) >= 11 is 5.87. The van der Waals surface area contributed by atoms with Gasteiger partial charge in [-0.05, 0) is 30.3 Å². The van der Waals surface area contributed by atoms with Crippen LogP contribution in [0.5, 0.6) is 0 Å². The Bertz CT molecular complexity index is 975. The van der Waals surface area contributed by atoms with Crippen molar-refractivity contribution >= 4 is 34.9 Å². The highest BCUT2D eigenvalue weighted by atomic mass is 35.5. The van der Waals surface area contributed by atoms with Gasteiger partial charge in [0, 0.05) is 51.0 Å². The number of benzene rings is 1. The second-order valence-electron chi connectivity index (χ2n) is 7.60. The molecular weight excluding hydrogens is 433 g/mol. The Morgan fingerprint density at radius 1 is 1.10 bits per heavy atom.